The number of nitrogens with two attached hydrogens (primary N) is 1. The van der Waals surface area contributed by atoms with Crippen LogP contribution in [0.5, 0.6) is 0 Å². The molecule has 0 heterocycles. The summed E-state index contributed by atoms with van der Waals surface area (Å²) in [6.07, 6.45) is 2.59. The Bertz CT molecular complexity index is 593. The average Bonchev–Trinajstić information content (AvgIpc) is 2.54. The minimum absolute atomic E-state index is 0.00990. The molecule has 3 nitrogen and oxygen atoms in total. The molecule has 0 spiro atoms. The van der Waals surface area contributed by atoms with Gasteiger partial charge in [-0.25, -0.2) is 0 Å². The van der Waals surface area contributed by atoms with Crippen molar-refractivity contribution in [3.8, 4) is 0 Å². The van der Waals surface area contributed by atoms with Crippen molar-refractivity contribution in [1.82, 2.24) is 5.32 Å². The van der Waals surface area contributed by atoms with Gasteiger partial charge in [-0.3, -0.25) is 4.79 Å². The Morgan fingerprint density at radius 2 is 1.73 bits per heavy atom. The predicted molar refractivity (Wildman–Crippen MR) is 90.9 cm³/mol. The number of aryl methyl sites for hydroxylation is 2. The zero-order valence-electron chi connectivity index (χ0n) is 13.1. The Kier molecular flexibility index (Phi) is 6.16. The summed E-state index contributed by atoms with van der Waals surface area (Å²) in [7, 11) is 0. The third kappa shape index (κ3) is 5.01. The van der Waals surface area contributed by atoms with E-state index in [0.717, 1.165) is 30.4 Å². The molecule has 2 aromatic carbocycles. The summed E-state index contributed by atoms with van der Waals surface area (Å²) in [5.74, 6) is -0.00990. The Morgan fingerprint density at radius 1 is 1.05 bits per heavy atom. The number of benzene rings is 2. The van der Waals surface area contributed by atoms with E-state index >= 15 is 0 Å². The third-order valence-corrected chi connectivity index (χ3v) is 3.67. The van der Waals surface area contributed by atoms with Crippen LogP contribution in [-0.2, 0) is 12.8 Å². The maximum Gasteiger partial charge on any atom is 0.251 e. The van der Waals surface area contributed by atoms with E-state index in [0.29, 0.717) is 6.54 Å². The monoisotopic (exact) mass is 296 g/mol. The lowest BCUT2D eigenvalue weighted by atomic mass is 9.99. The first-order valence-corrected chi connectivity index (χ1v) is 7.82. The second-order valence-corrected chi connectivity index (χ2v) is 5.66. The van der Waals surface area contributed by atoms with Crippen LogP contribution in [0.2, 0.25) is 0 Å². The molecule has 0 bridgehead atoms. The van der Waals surface area contributed by atoms with E-state index in [1.165, 1.54) is 5.56 Å². The molecule has 0 aliphatic rings. The number of carbonyl (C=O) groups excluding carboxylic acids is 1. The van der Waals surface area contributed by atoms with E-state index in [1.54, 1.807) is 0 Å². The maximum atomic E-state index is 12.3. The molecule has 1 amide bonds. The summed E-state index contributed by atoms with van der Waals surface area (Å²) in [5, 5.41) is 2.95. The molecule has 0 saturated heterocycles. The average molecular weight is 296 g/mol. The number of amides is 1. The van der Waals surface area contributed by atoms with Crippen molar-refractivity contribution in [3.05, 3.63) is 71.3 Å². The minimum atomic E-state index is -0.00990. The van der Waals surface area contributed by atoms with E-state index < -0.39 is 0 Å². The Labute approximate surface area is 132 Å². The number of hydrogen-bond acceptors (Lipinski definition) is 2. The van der Waals surface area contributed by atoms with E-state index in [-0.39, 0.29) is 11.9 Å². The summed E-state index contributed by atoms with van der Waals surface area (Å²) in [5.41, 5.74) is 8.85. The fourth-order valence-corrected chi connectivity index (χ4v) is 2.39. The summed E-state index contributed by atoms with van der Waals surface area (Å²) in [6, 6.07) is 18.3. The SMILES string of the molecule is CC(N)CCNC(=O)c1ccccc1CCc1ccccc1. The van der Waals surface area contributed by atoms with Gasteiger partial charge in [0.1, 0.15) is 0 Å². The Balaban J connectivity index is 1.98. The lowest BCUT2D eigenvalue weighted by molar-refractivity contribution is 0.0952. The molecule has 0 saturated carbocycles. The molecule has 0 fully saturated rings. The van der Waals surface area contributed by atoms with Crippen LogP contribution in [-0.4, -0.2) is 18.5 Å². The summed E-state index contributed by atoms with van der Waals surface area (Å²) in [6.45, 7) is 2.56. The highest BCUT2D eigenvalue weighted by molar-refractivity contribution is 5.95. The fourth-order valence-electron chi connectivity index (χ4n) is 2.39. The van der Waals surface area contributed by atoms with Crippen molar-refractivity contribution in [1.29, 1.82) is 0 Å². The predicted octanol–water partition coefficient (Wildman–Crippen LogP) is 2.94. The van der Waals surface area contributed by atoms with Crippen LogP contribution in [0.25, 0.3) is 0 Å². The Hall–Kier alpha value is -2.13. The summed E-state index contributed by atoms with van der Waals surface area (Å²) < 4.78 is 0. The smallest absolute Gasteiger partial charge is 0.251 e. The molecule has 3 N–H and O–H groups in total. The molecule has 0 aliphatic heterocycles. The number of nitrogens with one attached hydrogen (secondary N) is 1. The van der Waals surface area contributed by atoms with Gasteiger partial charge in [-0.1, -0.05) is 48.5 Å². The van der Waals surface area contributed by atoms with Crippen molar-refractivity contribution in [2.75, 3.05) is 6.54 Å². The molecule has 2 aromatic rings. The molecule has 0 aromatic heterocycles. The lowest BCUT2D eigenvalue weighted by Crippen LogP contribution is -2.29. The first-order chi connectivity index (χ1) is 10.7. The fraction of sp³-hybridized carbons (Fsp3) is 0.316. The summed E-state index contributed by atoms with van der Waals surface area (Å²) >= 11 is 0. The number of carbonyl (C=O) groups is 1. The van der Waals surface area contributed by atoms with Crippen LogP contribution in [0, 0.1) is 0 Å². The zero-order chi connectivity index (χ0) is 15.8. The quantitative estimate of drug-likeness (QED) is 0.825. The first-order valence-electron chi connectivity index (χ1n) is 7.82. The van der Waals surface area contributed by atoms with Crippen molar-refractivity contribution in [3.63, 3.8) is 0 Å². The molecule has 2 rings (SSSR count). The van der Waals surface area contributed by atoms with Gasteiger partial charge in [0, 0.05) is 18.2 Å². The molecule has 0 radical (unpaired) electrons. The molecule has 0 aliphatic carbocycles. The van der Waals surface area contributed by atoms with Crippen molar-refractivity contribution in [2.24, 2.45) is 5.73 Å². The van der Waals surface area contributed by atoms with Crippen LogP contribution in [0.3, 0.4) is 0 Å². The van der Waals surface area contributed by atoms with Crippen LogP contribution in [0.4, 0.5) is 0 Å². The highest BCUT2D eigenvalue weighted by Crippen LogP contribution is 2.13. The van der Waals surface area contributed by atoms with Gasteiger partial charge in [0.2, 0.25) is 0 Å². The van der Waals surface area contributed by atoms with Gasteiger partial charge in [0.25, 0.3) is 5.91 Å². The van der Waals surface area contributed by atoms with E-state index in [1.807, 2.05) is 49.4 Å². The highest BCUT2D eigenvalue weighted by Gasteiger charge is 2.10. The second-order valence-electron chi connectivity index (χ2n) is 5.66. The van der Waals surface area contributed by atoms with Gasteiger partial charge < -0.3 is 11.1 Å². The van der Waals surface area contributed by atoms with Crippen LogP contribution >= 0.6 is 0 Å². The highest BCUT2D eigenvalue weighted by atomic mass is 16.1. The van der Waals surface area contributed by atoms with Gasteiger partial charge >= 0.3 is 0 Å². The number of hydrogen-bond donors (Lipinski definition) is 2. The third-order valence-electron chi connectivity index (χ3n) is 3.67. The van der Waals surface area contributed by atoms with Gasteiger partial charge in [0.05, 0.1) is 0 Å². The van der Waals surface area contributed by atoms with Crippen LogP contribution in [0.1, 0.15) is 34.8 Å². The van der Waals surface area contributed by atoms with Crippen LogP contribution < -0.4 is 11.1 Å². The molecule has 116 valence electrons. The van der Waals surface area contributed by atoms with E-state index in [9.17, 15) is 4.79 Å². The van der Waals surface area contributed by atoms with Crippen molar-refractivity contribution in [2.45, 2.75) is 32.2 Å². The molecule has 1 unspecified atom stereocenters. The summed E-state index contributed by atoms with van der Waals surface area (Å²) in [4.78, 5) is 12.3. The van der Waals surface area contributed by atoms with Gasteiger partial charge in [-0.2, -0.15) is 0 Å². The molecule has 1 atom stereocenters. The largest absolute Gasteiger partial charge is 0.352 e. The molecular formula is C19H24N2O. The first kappa shape index (κ1) is 16.2. The maximum absolute atomic E-state index is 12.3. The van der Waals surface area contributed by atoms with Crippen molar-refractivity contribution < 1.29 is 4.79 Å². The topological polar surface area (TPSA) is 55.1 Å². The standard InChI is InChI=1S/C19H24N2O/c1-15(20)13-14-21-19(22)18-10-6-5-9-17(18)12-11-16-7-3-2-4-8-16/h2-10,15H,11-14,20H2,1H3,(H,21,22). The molecular weight excluding hydrogens is 272 g/mol. The molecule has 22 heavy (non-hydrogen) atoms. The molecule has 3 heteroatoms. The Morgan fingerprint density at radius 3 is 2.45 bits per heavy atom. The van der Waals surface area contributed by atoms with E-state index in [4.69, 9.17) is 5.73 Å². The van der Waals surface area contributed by atoms with Crippen LogP contribution in [0.15, 0.2) is 54.6 Å². The zero-order valence-corrected chi connectivity index (χ0v) is 13.1. The minimum Gasteiger partial charge on any atom is -0.352 e. The lowest BCUT2D eigenvalue weighted by Gasteiger charge is -2.11. The van der Waals surface area contributed by atoms with E-state index in [2.05, 4.69) is 17.4 Å². The number of rotatable bonds is 7. The van der Waals surface area contributed by atoms with Gasteiger partial charge in [-0.15, -0.1) is 0 Å². The van der Waals surface area contributed by atoms with Crippen molar-refractivity contribution >= 4 is 5.91 Å². The normalized spacial score (nSPS) is 11.9. The van der Waals surface area contributed by atoms with Gasteiger partial charge in [0.15, 0.2) is 0 Å². The second kappa shape index (κ2) is 8.35. The van der Waals surface area contributed by atoms with Gasteiger partial charge in [-0.05, 0) is 43.4 Å².